The van der Waals surface area contributed by atoms with E-state index in [4.69, 9.17) is 0 Å². The van der Waals surface area contributed by atoms with E-state index in [1.54, 1.807) is 0 Å². The van der Waals surface area contributed by atoms with Crippen LogP contribution in [0.15, 0.2) is 59.2 Å². The molecule has 1 heterocycles. The van der Waals surface area contributed by atoms with E-state index < -0.39 is 0 Å². The molecule has 0 unspecified atom stereocenters. The van der Waals surface area contributed by atoms with Crippen molar-refractivity contribution in [2.45, 2.75) is 6.92 Å². The summed E-state index contributed by atoms with van der Waals surface area (Å²) in [4.78, 5) is 4.55. The minimum absolute atomic E-state index is 1.05. The lowest BCUT2D eigenvalue weighted by atomic mass is 10.0. The number of pyridine rings is 1. The molecule has 0 N–H and O–H groups in total. The highest BCUT2D eigenvalue weighted by molar-refractivity contribution is 9.10. The zero-order valence-electron chi connectivity index (χ0n) is 10.0. The quantitative estimate of drug-likeness (QED) is 0.618. The summed E-state index contributed by atoms with van der Waals surface area (Å²) < 4.78 is 1.09. The Kier molecular flexibility index (Phi) is 2.88. The summed E-state index contributed by atoms with van der Waals surface area (Å²) >= 11 is 3.46. The van der Waals surface area contributed by atoms with Crippen molar-refractivity contribution >= 4 is 26.7 Å². The fourth-order valence-corrected chi connectivity index (χ4v) is 2.50. The minimum Gasteiger partial charge on any atom is -0.256 e. The average molecular weight is 298 g/mol. The number of rotatable bonds is 1. The molecule has 0 aliphatic rings. The molecule has 0 saturated carbocycles. The summed E-state index contributed by atoms with van der Waals surface area (Å²) in [5.74, 6) is 0. The summed E-state index contributed by atoms with van der Waals surface area (Å²) in [5.41, 5.74) is 3.47. The number of nitrogens with zero attached hydrogens (tertiary/aromatic N) is 1. The summed E-state index contributed by atoms with van der Waals surface area (Å²) in [6.45, 7) is 2.13. The van der Waals surface area contributed by atoms with Crippen molar-refractivity contribution in [3.8, 4) is 11.3 Å². The minimum atomic E-state index is 1.05. The van der Waals surface area contributed by atoms with Crippen molar-refractivity contribution in [2.75, 3.05) is 0 Å². The van der Waals surface area contributed by atoms with Gasteiger partial charge in [-0.2, -0.15) is 0 Å². The molecule has 0 amide bonds. The van der Waals surface area contributed by atoms with E-state index in [1.165, 1.54) is 16.3 Å². The fourth-order valence-electron chi connectivity index (χ4n) is 2.24. The van der Waals surface area contributed by atoms with Crippen molar-refractivity contribution in [2.24, 2.45) is 0 Å². The van der Waals surface area contributed by atoms with Crippen molar-refractivity contribution in [3.05, 3.63) is 64.8 Å². The number of fused-ring (bicyclic) bond motifs is 1. The zero-order chi connectivity index (χ0) is 12.5. The molecule has 3 aromatic rings. The largest absolute Gasteiger partial charge is 0.256 e. The maximum atomic E-state index is 4.55. The van der Waals surface area contributed by atoms with Crippen molar-refractivity contribution < 1.29 is 0 Å². The summed E-state index contributed by atoms with van der Waals surface area (Å²) in [6, 6.07) is 16.7. The Morgan fingerprint density at radius 2 is 1.72 bits per heavy atom. The molecule has 18 heavy (non-hydrogen) atoms. The van der Waals surface area contributed by atoms with Gasteiger partial charge >= 0.3 is 0 Å². The van der Waals surface area contributed by atoms with Crippen LogP contribution in [0.5, 0.6) is 0 Å². The molecule has 0 bridgehead atoms. The standard InChI is InChI=1S/C16H12BrN/c1-11-3-2-4-12-9-10-18-16(15(11)12)13-5-7-14(17)8-6-13/h2-10H,1H3. The molecule has 0 aliphatic heterocycles. The first-order chi connectivity index (χ1) is 8.75. The fraction of sp³-hybridized carbons (Fsp3) is 0.0625. The third kappa shape index (κ3) is 1.93. The van der Waals surface area contributed by atoms with Gasteiger partial charge in [-0.05, 0) is 36.1 Å². The maximum Gasteiger partial charge on any atom is 0.0782 e. The normalized spacial score (nSPS) is 10.8. The van der Waals surface area contributed by atoms with Crippen LogP contribution in [0.1, 0.15) is 5.56 Å². The molecule has 0 fully saturated rings. The number of aryl methyl sites for hydroxylation is 1. The Bertz CT molecular complexity index is 697. The second-order valence-corrected chi connectivity index (χ2v) is 5.26. The van der Waals surface area contributed by atoms with Gasteiger partial charge < -0.3 is 0 Å². The van der Waals surface area contributed by atoms with Gasteiger partial charge in [-0.15, -0.1) is 0 Å². The van der Waals surface area contributed by atoms with Crippen LogP contribution in [0.2, 0.25) is 0 Å². The molecular formula is C16H12BrN. The monoisotopic (exact) mass is 297 g/mol. The molecule has 0 atom stereocenters. The van der Waals surface area contributed by atoms with E-state index in [-0.39, 0.29) is 0 Å². The van der Waals surface area contributed by atoms with Crippen LogP contribution in [0.3, 0.4) is 0 Å². The number of benzene rings is 2. The molecule has 0 radical (unpaired) electrons. The van der Waals surface area contributed by atoms with Gasteiger partial charge in [-0.1, -0.05) is 46.3 Å². The lowest BCUT2D eigenvalue weighted by Gasteiger charge is -2.08. The van der Waals surface area contributed by atoms with Gasteiger partial charge in [0.2, 0.25) is 0 Å². The van der Waals surface area contributed by atoms with E-state index in [9.17, 15) is 0 Å². The SMILES string of the molecule is Cc1cccc2ccnc(-c3ccc(Br)cc3)c12. The van der Waals surface area contributed by atoms with E-state index in [2.05, 4.69) is 64.2 Å². The molecule has 0 spiro atoms. The predicted molar refractivity (Wildman–Crippen MR) is 79.6 cm³/mol. The molecule has 1 nitrogen and oxygen atoms in total. The van der Waals surface area contributed by atoms with Gasteiger partial charge in [-0.3, -0.25) is 4.98 Å². The highest BCUT2D eigenvalue weighted by Gasteiger charge is 2.07. The van der Waals surface area contributed by atoms with Gasteiger partial charge in [0.1, 0.15) is 0 Å². The third-order valence-electron chi connectivity index (χ3n) is 3.12. The van der Waals surface area contributed by atoms with Gasteiger partial charge in [-0.25, -0.2) is 0 Å². The molecule has 2 aromatic carbocycles. The Labute approximate surface area is 115 Å². The Hall–Kier alpha value is -1.67. The first-order valence-corrected chi connectivity index (χ1v) is 6.65. The smallest absolute Gasteiger partial charge is 0.0782 e. The summed E-state index contributed by atoms with van der Waals surface area (Å²) in [5, 5.41) is 2.48. The number of hydrogen-bond acceptors (Lipinski definition) is 1. The van der Waals surface area contributed by atoms with Gasteiger partial charge in [0.25, 0.3) is 0 Å². The van der Waals surface area contributed by atoms with Crippen LogP contribution in [0, 0.1) is 6.92 Å². The van der Waals surface area contributed by atoms with Crippen molar-refractivity contribution in [1.29, 1.82) is 0 Å². The molecule has 88 valence electrons. The van der Waals surface area contributed by atoms with Crippen LogP contribution in [0.25, 0.3) is 22.0 Å². The number of halogens is 1. The molecule has 0 saturated heterocycles. The van der Waals surface area contributed by atoms with Gasteiger partial charge in [0.15, 0.2) is 0 Å². The van der Waals surface area contributed by atoms with Crippen LogP contribution < -0.4 is 0 Å². The van der Waals surface area contributed by atoms with E-state index in [1.807, 2.05) is 18.3 Å². The Morgan fingerprint density at radius 3 is 2.50 bits per heavy atom. The van der Waals surface area contributed by atoms with Gasteiger partial charge in [0, 0.05) is 21.6 Å². The van der Waals surface area contributed by atoms with Crippen LogP contribution >= 0.6 is 15.9 Å². The second kappa shape index (κ2) is 4.54. The van der Waals surface area contributed by atoms with E-state index >= 15 is 0 Å². The summed E-state index contributed by atoms with van der Waals surface area (Å²) in [7, 11) is 0. The highest BCUT2D eigenvalue weighted by Crippen LogP contribution is 2.29. The van der Waals surface area contributed by atoms with E-state index in [0.29, 0.717) is 0 Å². The lowest BCUT2D eigenvalue weighted by molar-refractivity contribution is 1.34. The molecule has 0 aliphatic carbocycles. The summed E-state index contributed by atoms with van der Waals surface area (Å²) in [6.07, 6.45) is 1.87. The lowest BCUT2D eigenvalue weighted by Crippen LogP contribution is -1.88. The number of aromatic nitrogens is 1. The maximum absolute atomic E-state index is 4.55. The Balaban J connectivity index is 2.32. The van der Waals surface area contributed by atoms with Crippen LogP contribution in [-0.4, -0.2) is 4.98 Å². The topological polar surface area (TPSA) is 12.9 Å². The predicted octanol–water partition coefficient (Wildman–Crippen LogP) is 4.97. The molecule has 2 heteroatoms. The van der Waals surface area contributed by atoms with Crippen molar-refractivity contribution in [1.82, 2.24) is 4.98 Å². The highest BCUT2D eigenvalue weighted by atomic mass is 79.9. The molecular weight excluding hydrogens is 286 g/mol. The van der Waals surface area contributed by atoms with Crippen LogP contribution in [0.4, 0.5) is 0 Å². The molecule has 1 aromatic heterocycles. The average Bonchev–Trinajstić information content (AvgIpc) is 2.39. The van der Waals surface area contributed by atoms with Crippen molar-refractivity contribution in [3.63, 3.8) is 0 Å². The zero-order valence-corrected chi connectivity index (χ0v) is 11.6. The Morgan fingerprint density at radius 1 is 0.944 bits per heavy atom. The third-order valence-corrected chi connectivity index (χ3v) is 3.65. The first kappa shape index (κ1) is 11.4. The number of hydrogen-bond donors (Lipinski definition) is 0. The second-order valence-electron chi connectivity index (χ2n) is 4.34. The molecule has 3 rings (SSSR count). The first-order valence-electron chi connectivity index (χ1n) is 5.86. The van der Waals surface area contributed by atoms with E-state index in [0.717, 1.165) is 15.7 Å². The van der Waals surface area contributed by atoms with Crippen LogP contribution in [-0.2, 0) is 0 Å². The van der Waals surface area contributed by atoms with Gasteiger partial charge in [0.05, 0.1) is 5.69 Å².